The van der Waals surface area contributed by atoms with Crippen molar-refractivity contribution >= 4 is 66.8 Å². The predicted octanol–water partition coefficient (Wildman–Crippen LogP) is 5.68. The van der Waals surface area contributed by atoms with Crippen molar-refractivity contribution in [2.75, 3.05) is 5.32 Å². The lowest BCUT2D eigenvalue weighted by atomic mass is 10.2. The standard InChI is InChI=1S/C20H14Br2N2O2S/c21-14-5-3-13(4-6-14)12-17(24-20(26)18-2-1-11-27-18)19(25)23-16-9-7-15(22)8-10-16/h1-12H,(H,23,25)(H,24,26)/b17-12+. The number of nitrogens with one attached hydrogen (secondary N) is 2. The maximum Gasteiger partial charge on any atom is 0.272 e. The van der Waals surface area contributed by atoms with Crippen LogP contribution in [0.2, 0.25) is 0 Å². The summed E-state index contributed by atoms with van der Waals surface area (Å²) in [6.07, 6.45) is 1.64. The van der Waals surface area contributed by atoms with Crippen LogP contribution >= 0.6 is 43.2 Å². The zero-order valence-electron chi connectivity index (χ0n) is 13.9. The Balaban J connectivity index is 1.85. The second-order valence-corrected chi connectivity index (χ2v) is 8.28. The molecule has 0 aliphatic rings. The number of carbonyl (C=O) groups is 2. The number of carbonyl (C=O) groups excluding carboxylic acids is 2. The minimum absolute atomic E-state index is 0.165. The highest BCUT2D eigenvalue weighted by Crippen LogP contribution is 2.17. The highest BCUT2D eigenvalue weighted by Gasteiger charge is 2.15. The molecule has 0 saturated heterocycles. The highest BCUT2D eigenvalue weighted by molar-refractivity contribution is 9.10. The highest BCUT2D eigenvalue weighted by atomic mass is 79.9. The second kappa shape index (κ2) is 9.12. The van der Waals surface area contributed by atoms with Crippen molar-refractivity contribution in [2.24, 2.45) is 0 Å². The lowest BCUT2D eigenvalue weighted by Crippen LogP contribution is -2.30. The Kier molecular flexibility index (Phi) is 6.60. The van der Waals surface area contributed by atoms with Gasteiger partial charge in [0.25, 0.3) is 11.8 Å². The van der Waals surface area contributed by atoms with E-state index in [1.165, 1.54) is 11.3 Å². The molecular formula is C20H14Br2N2O2S. The van der Waals surface area contributed by atoms with E-state index in [4.69, 9.17) is 0 Å². The molecule has 0 radical (unpaired) electrons. The quantitative estimate of drug-likeness (QED) is 0.438. The van der Waals surface area contributed by atoms with Crippen molar-refractivity contribution in [1.82, 2.24) is 5.32 Å². The fraction of sp³-hybridized carbons (Fsp3) is 0. The van der Waals surface area contributed by atoms with Crippen molar-refractivity contribution in [1.29, 1.82) is 0 Å². The number of benzene rings is 2. The van der Waals surface area contributed by atoms with E-state index in [1.807, 2.05) is 41.8 Å². The molecule has 4 nitrogen and oxygen atoms in total. The fourth-order valence-corrected chi connectivity index (χ4v) is 3.36. The van der Waals surface area contributed by atoms with Gasteiger partial charge in [0.05, 0.1) is 4.88 Å². The van der Waals surface area contributed by atoms with Crippen molar-refractivity contribution in [3.8, 4) is 0 Å². The predicted molar refractivity (Wildman–Crippen MR) is 117 cm³/mol. The molecule has 0 aliphatic heterocycles. The molecule has 136 valence electrons. The van der Waals surface area contributed by atoms with Crippen LogP contribution in [0.15, 0.2) is 80.7 Å². The van der Waals surface area contributed by atoms with Gasteiger partial charge in [-0.25, -0.2) is 0 Å². The van der Waals surface area contributed by atoms with Gasteiger partial charge in [-0.15, -0.1) is 11.3 Å². The van der Waals surface area contributed by atoms with Gasteiger partial charge in [-0.05, 0) is 59.5 Å². The summed E-state index contributed by atoms with van der Waals surface area (Å²) in [6, 6.07) is 18.2. The molecule has 1 aromatic heterocycles. The molecule has 1 heterocycles. The van der Waals surface area contributed by atoms with Crippen LogP contribution in [0.4, 0.5) is 5.69 Å². The first kappa shape index (κ1) is 19.5. The first-order chi connectivity index (χ1) is 13.0. The maximum atomic E-state index is 12.8. The molecule has 2 N–H and O–H groups in total. The van der Waals surface area contributed by atoms with Crippen LogP contribution in [0.25, 0.3) is 6.08 Å². The molecule has 0 aliphatic carbocycles. The summed E-state index contributed by atoms with van der Waals surface area (Å²) in [4.78, 5) is 25.7. The lowest BCUT2D eigenvalue weighted by molar-refractivity contribution is -0.113. The molecule has 2 aromatic carbocycles. The van der Waals surface area contributed by atoms with Crippen LogP contribution < -0.4 is 10.6 Å². The number of hydrogen-bond acceptors (Lipinski definition) is 3. The second-order valence-electron chi connectivity index (χ2n) is 5.50. The third kappa shape index (κ3) is 5.63. The van der Waals surface area contributed by atoms with Gasteiger partial charge in [0.2, 0.25) is 0 Å². The maximum absolute atomic E-state index is 12.8. The molecule has 2 amide bonds. The number of hydrogen-bond donors (Lipinski definition) is 2. The van der Waals surface area contributed by atoms with Gasteiger partial charge in [-0.3, -0.25) is 9.59 Å². The minimum Gasteiger partial charge on any atom is -0.321 e. The Hall–Kier alpha value is -2.22. The molecule has 0 atom stereocenters. The van der Waals surface area contributed by atoms with Gasteiger partial charge < -0.3 is 10.6 Å². The van der Waals surface area contributed by atoms with E-state index in [0.29, 0.717) is 10.6 Å². The summed E-state index contributed by atoms with van der Waals surface area (Å²) >= 11 is 8.06. The largest absolute Gasteiger partial charge is 0.321 e. The van der Waals surface area contributed by atoms with Crippen molar-refractivity contribution in [3.63, 3.8) is 0 Å². The molecule has 0 unspecified atom stereocenters. The third-order valence-corrected chi connectivity index (χ3v) is 5.45. The molecule has 0 saturated carbocycles. The molecule has 3 aromatic rings. The summed E-state index contributed by atoms with van der Waals surface area (Å²) in [6.45, 7) is 0. The Morgan fingerprint density at radius 2 is 1.52 bits per heavy atom. The summed E-state index contributed by atoms with van der Waals surface area (Å²) in [5.41, 5.74) is 1.60. The van der Waals surface area contributed by atoms with Crippen LogP contribution in [0, 0.1) is 0 Å². The molecular weight excluding hydrogens is 492 g/mol. The SMILES string of the molecule is O=C(Nc1ccc(Br)cc1)/C(=C\c1ccc(Br)cc1)NC(=O)c1cccs1. The van der Waals surface area contributed by atoms with Crippen LogP contribution in [0.5, 0.6) is 0 Å². The molecule has 3 rings (SSSR count). The van der Waals surface area contributed by atoms with E-state index in [2.05, 4.69) is 42.5 Å². The Morgan fingerprint density at radius 3 is 2.11 bits per heavy atom. The number of thiophene rings is 1. The summed E-state index contributed by atoms with van der Waals surface area (Å²) in [5.74, 6) is -0.718. The van der Waals surface area contributed by atoms with E-state index >= 15 is 0 Å². The van der Waals surface area contributed by atoms with Crippen molar-refractivity contribution in [3.05, 3.63) is 91.1 Å². The molecule has 7 heteroatoms. The van der Waals surface area contributed by atoms with Crippen LogP contribution in [0.3, 0.4) is 0 Å². The lowest BCUT2D eigenvalue weighted by Gasteiger charge is -2.11. The van der Waals surface area contributed by atoms with Crippen molar-refractivity contribution < 1.29 is 9.59 Å². The van der Waals surface area contributed by atoms with Crippen LogP contribution in [-0.2, 0) is 4.79 Å². The molecule has 0 spiro atoms. The average molecular weight is 506 g/mol. The van der Waals surface area contributed by atoms with Crippen LogP contribution in [0.1, 0.15) is 15.2 Å². The summed E-state index contributed by atoms with van der Waals surface area (Å²) < 4.78 is 1.85. The number of anilines is 1. The van der Waals surface area contributed by atoms with Gasteiger partial charge in [-0.2, -0.15) is 0 Å². The number of halogens is 2. The molecule has 0 bridgehead atoms. The smallest absolute Gasteiger partial charge is 0.272 e. The van der Waals surface area contributed by atoms with E-state index in [1.54, 1.807) is 30.3 Å². The normalized spacial score (nSPS) is 11.1. The van der Waals surface area contributed by atoms with Gasteiger partial charge in [0, 0.05) is 14.6 Å². The average Bonchev–Trinajstić information content (AvgIpc) is 3.19. The van der Waals surface area contributed by atoms with Crippen LogP contribution in [-0.4, -0.2) is 11.8 Å². The van der Waals surface area contributed by atoms with Crippen molar-refractivity contribution in [2.45, 2.75) is 0 Å². The van der Waals surface area contributed by atoms with Gasteiger partial charge in [0.1, 0.15) is 5.70 Å². The Bertz CT molecular complexity index is 966. The number of rotatable bonds is 5. The third-order valence-electron chi connectivity index (χ3n) is 3.52. The molecule has 0 fully saturated rings. The van der Waals surface area contributed by atoms with Gasteiger partial charge >= 0.3 is 0 Å². The van der Waals surface area contributed by atoms with Gasteiger partial charge in [0.15, 0.2) is 0 Å². The first-order valence-corrected chi connectivity index (χ1v) is 10.4. The van der Waals surface area contributed by atoms with E-state index < -0.39 is 5.91 Å². The van der Waals surface area contributed by atoms with Gasteiger partial charge in [-0.1, -0.05) is 50.1 Å². The van der Waals surface area contributed by atoms with E-state index in [0.717, 1.165) is 14.5 Å². The fourth-order valence-electron chi connectivity index (χ4n) is 2.21. The van der Waals surface area contributed by atoms with E-state index in [-0.39, 0.29) is 11.6 Å². The molecule has 27 heavy (non-hydrogen) atoms. The summed E-state index contributed by atoms with van der Waals surface area (Å²) in [7, 11) is 0. The Morgan fingerprint density at radius 1 is 0.889 bits per heavy atom. The van der Waals surface area contributed by atoms with E-state index in [9.17, 15) is 9.59 Å². The minimum atomic E-state index is -0.398. The first-order valence-electron chi connectivity index (χ1n) is 7.90. The zero-order chi connectivity index (χ0) is 19.2. The monoisotopic (exact) mass is 504 g/mol. The topological polar surface area (TPSA) is 58.2 Å². The number of amides is 2. The zero-order valence-corrected chi connectivity index (χ0v) is 17.9. The Labute approximate surface area is 177 Å². The summed E-state index contributed by atoms with van der Waals surface area (Å²) in [5, 5.41) is 7.33.